The molecule has 21 heavy (non-hydrogen) atoms. The molecule has 0 amide bonds. The van der Waals surface area contributed by atoms with Crippen LogP contribution in [0.3, 0.4) is 0 Å². The highest BCUT2D eigenvalue weighted by Gasteiger charge is 2.24. The third-order valence-electron chi connectivity index (χ3n) is 3.95. The van der Waals surface area contributed by atoms with Crippen molar-refractivity contribution in [2.45, 2.75) is 25.2 Å². The second-order valence-corrected chi connectivity index (χ2v) is 5.26. The van der Waals surface area contributed by atoms with Gasteiger partial charge in [-0.05, 0) is 42.0 Å². The van der Waals surface area contributed by atoms with Gasteiger partial charge >= 0.3 is 0 Å². The molecule has 5 heteroatoms. The van der Waals surface area contributed by atoms with Gasteiger partial charge in [-0.3, -0.25) is 0 Å². The first-order valence-corrected chi connectivity index (χ1v) is 7.08. The quantitative estimate of drug-likeness (QED) is 0.737. The van der Waals surface area contributed by atoms with Crippen molar-refractivity contribution in [2.75, 3.05) is 0 Å². The molecule has 0 saturated carbocycles. The molecule has 2 heterocycles. The highest BCUT2D eigenvalue weighted by atomic mass is 16.5. The standard InChI is InChI=1S/C16H14N4O/c1-2-5-13-11(4-1)7-8-12(13)10-15-18-16(20-21-15)14-6-3-9-17-19-14/h1-6,9,12H,7-8,10H2. The number of aryl methyl sites for hydroxylation is 1. The summed E-state index contributed by atoms with van der Waals surface area (Å²) in [5.41, 5.74) is 3.49. The van der Waals surface area contributed by atoms with Crippen LogP contribution >= 0.6 is 0 Å². The van der Waals surface area contributed by atoms with Crippen molar-refractivity contribution in [1.29, 1.82) is 0 Å². The predicted octanol–water partition coefficient (Wildman–Crippen LogP) is 2.80. The van der Waals surface area contributed by atoms with E-state index < -0.39 is 0 Å². The van der Waals surface area contributed by atoms with Crippen molar-refractivity contribution in [3.63, 3.8) is 0 Å². The van der Waals surface area contributed by atoms with E-state index in [1.807, 2.05) is 12.1 Å². The average molecular weight is 278 g/mol. The Kier molecular flexibility index (Phi) is 2.96. The number of aromatic nitrogens is 4. The molecule has 1 unspecified atom stereocenters. The van der Waals surface area contributed by atoms with Gasteiger partial charge in [0.25, 0.3) is 0 Å². The van der Waals surface area contributed by atoms with Gasteiger partial charge in [0, 0.05) is 12.6 Å². The van der Waals surface area contributed by atoms with Crippen molar-refractivity contribution in [3.05, 3.63) is 59.6 Å². The first-order valence-electron chi connectivity index (χ1n) is 7.08. The molecule has 1 atom stereocenters. The number of rotatable bonds is 3. The van der Waals surface area contributed by atoms with E-state index in [1.54, 1.807) is 6.20 Å². The Bertz CT molecular complexity index is 754. The Hall–Kier alpha value is -2.56. The van der Waals surface area contributed by atoms with Gasteiger partial charge in [0.2, 0.25) is 11.7 Å². The number of benzene rings is 1. The second kappa shape index (κ2) is 5.09. The first-order chi connectivity index (χ1) is 10.4. The summed E-state index contributed by atoms with van der Waals surface area (Å²) < 4.78 is 5.37. The summed E-state index contributed by atoms with van der Waals surface area (Å²) in [5.74, 6) is 1.64. The van der Waals surface area contributed by atoms with Crippen LogP contribution in [0.1, 0.15) is 29.4 Å². The Balaban J connectivity index is 1.56. The summed E-state index contributed by atoms with van der Waals surface area (Å²) in [5, 5.41) is 11.8. The third-order valence-corrected chi connectivity index (χ3v) is 3.95. The zero-order chi connectivity index (χ0) is 14.1. The van der Waals surface area contributed by atoms with Crippen LogP contribution in [0.25, 0.3) is 11.5 Å². The Labute approximate surface area is 122 Å². The normalized spacial score (nSPS) is 16.9. The molecule has 1 aliphatic carbocycles. The summed E-state index contributed by atoms with van der Waals surface area (Å²) in [4.78, 5) is 4.44. The molecular weight excluding hydrogens is 264 g/mol. The molecule has 2 aromatic heterocycles. The van der Waals surface area contributed by atoms with Crippen molar-refractivity contribution < 1.29 is 4.52 Å². The van der Waals surface area contributed by atoms with Crippen LogP contribution in [0.4, 0.5) is 0 Å². The fraction of sp³-hybridized carbons (Fsp3) is 0.250. The van der Waals surface area contributed by atoms with E-state index in [9.17, 15) is 0 Å². The minimum atomic E-state index is 0.469. The molecule has 0 aliphatic heterocycles. The minimum Gasteiger partial charge on any atom is -0.339 e. The minimum absolute atomic E-state index is 0.469. The van der Waals surface area contributed by atoms with Crippen LogP contribution in [0.5, 0.6) is 0 Å². The molecule has 1 aromatic carbocycles. The van der Waals surface area contributed by atoms with E-state index in [0.29, 0.717) is 23.3 Å². The van der Waals surface area contributed by atoms with E-state index in [-0.39, 0.29) is 0 Å². The molecule has 3 aromatic rings. The molecule has 0 spiro atoms. The number of nitrogens with zero attached hydrogens (tertiary/aromatic N) is 4. The zero-order valence-electron chi connectivity index (χ0n) is 11.4. The highest BCUT2D eigenvalue weighted by Crippen LogP contribution is 2.35. The smallest absolute Gasteiger partial charge is 0.227 e. The zero-order valence-corrected chi connectivity index (χ0v) is 11.4. The van der Waals surface area contributed by atoms with Crippen LogP contribution in [0, 0.1) is 0 Å². The molecule has 0 N–H and O–H groups in total. The summed E-state index contributed by atoms with van der Waals surface area (Å²) >= 11 is 0. The van der Waals surface area contributed by atoms with Gasteiger partial charge in [-0.15, -0.1) is 5.10 Å². The highest BCUT2D eigenvalue weighted by molar-refractivity contribution is 5.46. The molecular formula is C16H14N4O. The van der Waals surface area contributed by atoms with Gasteiger partial charge in [0.05, 0.1) is 0 Å². The Morgan fingerprint density at radius 3 is 3.00 bits per heavy atom. The summed E-state index contributed by atoms with van der Waals surface area (Å²) in [6.45, 7) is 0. The van der Waals surface area contributed by atoms with Gasteiger partial charge in [0.1, 0.15) is 5.69 Å². The summed E-state index contributed by atoms with van der Waals surface area (Å²) in [6, 6.07) is 12.2. The molecule has 1 aliphatic rings. The maximum Gasteiger partial charge on any atom is 0.227 e. The number of hydrogen-bond donors (Lipinski definition) is 0. The summed E-state index contributed by atoms with van der Waals surface area (Å²) in [6.07, 6.45) is 4.68. The maximum absolute atomic E-state index is 5.37. The number of hydrogen-bond acceptors (Lipinski definition) is 5. The van der Waals surface area contributed by atoms with Crippen molar-refractivity contribution in [2.24, 2.45) is 0 Å². The van der Waals surface area contributed by atoms with E-state index in [4.69, 9.17) is 4.52 Å². The lowest BCUT2D eigenvalue weighted by molar-refractivity contribution is 0.369. The molecule has 0 bridgehead atoms. The SMILES string of the molecule is c1cnnc(-c2noc(CC3CCc4ccccc43)n2)c1. The molecule has 5 nitrogen and oxygen atoms in total. The van der Waals surface area contributed by atoms with Crippen LogP contribution in [0.15, 0.2) is 47.1 Å². The van der Waals surface area contributed by atoms with Gasteiger partial charge in [-0.25, -0.2) is 0 Å². The van der Waals surface area contributed by atoms with Crippen molar-refractivity contribution in [3.8, 4) is 11.5 Å². The van der Waals surface area contributed by atoms with Gasteiger partial charge in [-0.2, -0.15) is 10.1 Å². The van der Waals surface area contributed by atoms with Crippen LogP contribution in [-0.4, -0.2) is 20.3 Å². The van der Waals surface area contributed by atoms with E-state index in [0.717, 1.165) is 19.3 Å². The Morgan fingerprint density at radius 2 is 2.10 bits per heavy atom. The van der Waals surface area contributed by atoms with Crippen LogP contribution in [-0.2, 0) is 12.8 Å². The molecule has 0 fully saturated rings. The van der Waals surface area contributed by atoms with Gasteiger partial charge in [-0.1, -0.05) is 29.4 Å². The fourth-order valence-electron chi connectivity index (χ4n) is 2.93. The molecule has 4 rings (SSSR count). The van der Waals surface area contributed by atoms with Crippen LogP contribution < -0.4 is 0 Å². The van der Waals surface area contributed by atoms with E-state index in [1.165, 1.54) is 11.1 Å². The lowest BCUT2D eigenvalue weighted by atomic mass is 9.98. The van der Waals surface area contributed by atoms with Crippen LogP contribution in [0.2, 0.25) is 0 Å². The van der Waals surface area contributed by atoms with Gasteiger partial charge in [0.15, 0.2) is 0 Å². The van der Waals surface area contributed by atoms with Gasteiger partial charge < -0.3 is 4.52 Å². The first kappa shape index (κ1) is 12.2. The van der Waals surface area contributed by atoms with E-state index >= 15 is 0 Å². The summed E-state index contributed by atoms with van der Waals surface area (Å²) in [7, 11) is 0. The van der Waals surface area contributed by atoms with Crippen molar-refractivity contribution >= 4 is 0 Å². The third kappa shape index (κ3) is 2.31. The molecule has 104 valence electrons. The molecule has 0 saturated heterocycles. The topological polar surface area (TPSA) is 64.7 Å². The Morgan fingerprint density at radius 1 is 1.14 bits per heavy atom. The largest absolute Gasteiger partial charge is 0.339 e. The van der Waals surface area contributed by atoms with E-state index in [2.05, 4.69) is 44.6 Å². The monoisotopic (exact) mass is 278 g/mol. The second-order valence-electron chi connectivity index (χ2n) is 5.26. The average Bonchev–Trinajstić information content (AvgIpc) is 3.17. The lowest BCUT2D eigenvalue weighted by Gasteiger charge is -2.07. The fourth-order valence-corrected chi connectivity index (χ4v) is 2.93. The maximum atomic E-state index is 5.37. The number of fused-ring (bicyclic) bond motifs is 1. The molecule has 0 radical (unpaired) electrons. The predicted molar refractivity (Wildman–Crippen MR) is 76.5 cm³/mol. The van der Waals surface area contributed by atoms with Crippen molar-refractivity contribution in [1.82, 2.24) is 20.3 Å². The lowest BCUT2D eigenvalue weighted by Crippen LogP contribution is -1.99.